The van der Waals surface area contributed by atoms with Crippen molar-refractivity contribution in [1.29, 1.82) is 0 Å². The number of rotatable bonds is 0. The first-order chi connectivity index (χ1) is 6.61. The van der Waals surface area contributed by atoms with Gasteiger partial charge in [-0.25, -0.2) is 0 Å². The summed E-state index contributed by atoms with van der Waals surface area (Å²) in [6.07, 6.45) is 0. The van der Waals surface area contributed by atoms with Gasteiger partial charge < -0.3 is 0 Å². The third kappa shape index (κ3) is 0.620. The summed E-state index contributed by atoms with van der Waals surface area (Å²) in [5.74, 6) is 0. The molecule has 0 aliphatic carbocycles. The van der Waals surface area contributed by atoms with E-state index in [1.807, 2.05) is 12.1 Å². The highest BCUT2D eigenvalue weighted by molar-refractivity contribution is 5.70. The van der Waals surface area contributed by atoms with Crippen molar-refractivity contribution in [3.05, 3.63) is 24.3 Å². The Kier molecular flexibility index (Phi) is 1.19. The largest absolute Gasteiger partial charge is 0.189 e. The molecule has 0 saturated carbocycles. The molecule has 2 aliphatic heterocycles. The molecule has 2 unspecified atom stereocenters. The molecule has 14 heavy (non-hydrogen) atoms. The van der Waals surface area contributed by atoms with E-state index in [4.69, 9.17) is 0 Å². The lowest BCUT2D eigenvalue weighted by atomic mass is 10.1. The van der Waals surface area contributed by atoms with E-state index in [1.54, 1.807) is 0 Å². The molecule has 1 aromatic carbocycles. The normalized spacial score (nSPS) is 36.1. The van der Waals surface area contributed by atoms with Crippen LogP contribution in [0, 0.1) is 0 Å². The second kappa shape index (κ2) is 2.06. The highest BCUT2D eigenvalue weighted by Gasteiger charge is 2.77. The first-order valence-electron chi connectivity index (χ1n) is 5.02. The summed E-state index contributed by atoms with van der Waals surface area (Å²) in [6.45, 7) is 6.73. The molecule has 0 bridgehead atoms. The number of benzene rings is 1. The maximum absolute atomic E-state index is 4.44. The number of para-hydroxylation sites is 1. The van der Waals surface area contributed by atoms with Gasteiger partial charge in [-0.05, 0) is 26.8 Å². The van der Waals surface area contributed by atoms with Gasteiger partial charge in [0, 0.05) is 11.3 Å². The smallest absolute Gasteiger partial charge is 0.127 e. The van der Waals surface area contributed by atoms with Crippen molar-refractivity contribution in [2.75, 3.05) is 0 Å². The quantitative estimate of drug-likeness (QED) is 0.441. The molecule has 3 nitrogen and oxygen atoms in total. The number of hydrogen-bond donors (Lipinski definition) is 0. The van der Waals surface area contributed by atoms with Gasteiger partial charge in [0.05, 0.1) is 0 Å². The number of quaternary nitrogens is 1. The minimum absolute atomic E-state index is 0.204. The van der Waals surface area contributed by atoms with Crippen LogP contribution in [-0.2, 0) is 0 Å². The Bertz CT molecular complexity index is 436. The Morgan fingerprint density at radius 1 is 1.29 bits per heavy atom. The predicted molar refractivity (Wildman–Crippen MR) is 56.3 cm³/mol. The Morgan fingerprint density at radius 2 is 1.93 bits per heavy atom. The second-order valence-electron chi connectivity index (χ2n) is 4.69. The van der Waals surface area contributed by atoms with Crippen molar-refractivity contribution in [2.24, 2.45) is 10.3 Å². The van der Waals surface area contributed by atoms with Gasteiger partial charge in [0.2, 0.25) is 0 Å². The van der Waals surface area contributed by atoms with Gasteiger partial charge in [0.25, 0.3) is 0 Å². The summed E-state index contributed by atoms with van der Waals surface area (Å²) in [6, 6.07) is 8.79. The summed E-state index contributed by atoms with van der Waals surface area (Å²) < 4.78 is 0.698. The zero-order valence-corrected chi connectivity index (χ0v) is 8.73. The molecular weight excluding hydrogens is 174 g/mol. The van der Waals surface area contributed by atoms with E-state index >= 15 is 0 Å². The van der Waals surface area contributed by atoms with Crippen LogP contribution in [0.3, 0.4) is 0 Å². The van der Waals surface area contributed by atoms with Crippen molar-refractivity contribution in [1.82, 2.24) is 4.59 Å². The van der Waals surface area contributed by atoms with E-state index in [-0.39, 0.29) is 5.54 Å². The van der Waals surface area contributed by atoms with Gasteiger partial charge in [0.15, 0.2) is 23.0 Å². The summed E-state index contributed by atoms with van der Waals surface area (Å²) in [4.78, 5) is 0. The number of hydrogen-bond acceptors (Lipinski definition) is 2. The van der Waals surface area contributed by atoms with E-state index in [1.165, 1.54) is 5.69 Å². The third-order valence-corrected chi connectivity index (χ3v) is 3.94. The first-order valence-corrected chi connectivity index (χ1v) is 5.02. The van der Waals surface area contributed by atoms with E-state index in [0.29, 0.717) is 10.6 Å². The molecule has 0 aromatic heterocycles. The highest BCUT2D eigenvalue weighted by atomic mass is 15.8. The van der Waals surface area contributed by atoms with Crippen LogP contribution in [0.15, 0.2) is 34.6 Å². The average Bonchev–Trinajstić information content (AvgIpc) is 2.52. The molecule has 3 heteroatoms. The molecule has 1 fully saturated rings. The Balaban J connectivity index is 2.22. The highest BCUT2D eigenvalue weighted by Crippen LogP contribution is 2.60. The van der Waals surface area contributed by atoms with Crippen LogP contribution in [0.2, 0.25) is 0 Å². The Hall–Kier alpha value is -1.22. The van der Waals surface area contributed by atoms with E-state index < -0.39 is 0 Å². The van der Waals surface area contributed by atoms with Gasteiger partial charge in [-0.15, -0.1) is 4.59 Å². The van der Waals surface area contributed by atoms with Crippen LogP contribution in [0.5, 0.6) is 0 Å². The third-order valence-electron chi connectivity index (χ3n) is 3.94. The topological polar surface area (TPSA) is 24.7 Å². The summed E-state index contributed by atoms with van der Waals surface area (Å²) in [5.41, 5.74) is 2.49. The number of nitrogens with zero attached hydrogens (tertiary/aromatic N) is 3. The molecule has 2 atom stereocenters. The van der Waals surface area contributed by atoms with Crippen LogP contribution >= 0.6 is 0 Å². The van der Waals surface area contributed by atoms with Crippen molar-refractivity contribution >= 4 is 11.4 Å². The zero-order chi connectivity index (χ0) is 9.97. The minimum Gasteiger partial charge on any atom is -0.127 e. The molecule has 0 amide bonds. The fourth-order valence-electron chi connectivity index (χ4n) is 2.60. The van der Waals surface area contributed by atoms with Gasteiger partial charge in [-0.2, -0.15) is 0 Å². The van der Waals surface area contributed by atoms with Gasteiger partial charge >= 0.3 is 0 Å². The summed E-state index contributed by atoms with van der Waals surface area (Å²) >= 11 is 0. The molecule has 1 spiro atoms. The lowest BCUT2D eigenvalue weighted by Crippen LogP contribution is -2.24. The van der Waals surface area contributed by atoms with Crippen LogP contribution < -0.4 is 4.59 Å². The summed E-state index contributed by atoms with van der Waals surface area (Å²) in [7, 11) is 0. The van der Waals surface area contributed by atoms with Crippen molar-refractivity contribution in [3.63, 3.8) is 0 Å². The van der Waals surface area contributed by atoms with E-state index in [2.05, 4.69) is 43.2 Å². The lowest BCUT2D eigenvalue weighted by molar-refractivity contribution is 0.445. The zero-order valence-electron chi connectivity index (χ0n) is 8.73. The van der Waals surface area contributed by atoms with Crippen LogP contribution in [0.25, 0.3) is 0 Å². The van der Waals surface area contributed by atoms with Crippen LogP contribution in [-0.4, -0.2) is 11.6 Å². The van der Waals surface area contributed by atoms with Crippen molar-refractivity contribution in [2.45, 2.75) is 32.4 Å². The molecule has 0 N–H and O–H groups in total. The molecular formula is C11H14N3+. The first kappa shape index (κ1) is 8.12. The maximum atomic E-state index is 4.44. The average molecular weight is 188 g/mol. The standard InChI is InChI=1S/C11H14N3/c1-8-11(2,3)14(8)10-7-5-4-6-9(10)12-13-14/h4-8H,1-3H3/q+1. The minimum atomic E-state index is 0.204. The second-order valence-corrected chi connectivity index (χ2v) is 4.69. The maximum Gasteiger partial charge on any atom is 0.189 e. The van der Waals surface area contributed by atoms with E-state index in [0.717, 1.165) is 5.69 Å². The molecule has 1 aromatic rings. The molecule has 72 valence electrons. The molecule has 3 rings (SSSR count). The van der Waals surface area contributed by atoms with Gasteiger partial charge in [-0.1, -0.05) is 17.2 Å². The number of fused-ring (bicyclic) bond motifs is 2. The van der Waals surface area contributed by atoms with E-state index in [9.17, 15) is 0 Å². The summed E-state index contributed by atoms with van der Waals surface area (Å²) in [5, 5.41) is 8.70. The van der Waals surface area contributed by atoms with Gasteiger partial charge in [-0.3, -0.25) is 0 Å². The fraction of sp³-hybridized carbons (Fsp3) is 0.455. The van der Waals surface area contributed by atoms with Crippen LogP contribution in [0.1, 0.15) is 20.8 Å². The fourth-order valence-corrected chi connectivity index (χ4v) is 2.60. The Morgan fingerprint density at radius 3 is 2.57 bits per heavy atom. The molecule has 1 saturated heterocycles. The Labute approximate surface area is 83.6 Å². The van der Waals surface area contributed by atoms with Crippen LogP contribution in [0.4, 0.5) is 11.4 Å². The SMILES string of the molecule is CC1C(C)(C)[N+]12N=Nc1ccccc12. The van der Waals surface area contributed by atoms with Crippen molar-refractivity contribution in [3.8, 4) is 0 Å². The van der Waals surface area contributed by atoms with Gasteiger partial charge in [0.1, 0.15) is 0 Å². The predicted octanol–water partition coefficient (Wildman–Crippen LogP) is 3.19. The molecule has 2 aliphatic rings. The molecule has 0 radical (unpaired) electrons. The molecule has 2 heterocycles. The monoisotopic (exact) mass is 188 g/mol. The lowest BCUT2D eigenvalue weighted by Gasteiger charge is -2.09. The van der Waals surface area contributed by atoms with Crippen molar-refractivity contribution < 1.29 is 0 Å².